The van der Waals surface area contributed by atoms with Gasteiger partial charge >= 0.3 is 0 Å². The maximum absolute atomic E-state index is 13.2. The Morgan fingerprint density at radius 3 is 2.70 bits per heavy atom. The van der Waals surface area contributed by atoms with Crippen molar-refractivity contribution in [2.75, 3.05) is 24.5 Å². The number of nitrogens with zero attached hydrogens (tertiary/aromatic N) is 7. The Morgan fingerprint density at radius 1 is 1.13 bits per heavy atom. The number of anilines is 1. The highest BCUT2D eigenvalue weighted by atomic mass is 16.2. The quantitative estimate of drug-likeness (QED) is 0.664. The first kappa shape index (κ1) is 19.1. The Balaban J connectivity index is 1.46. The average molecular weight is 408 g/mol. The zero-order valence-electron chi connectivity index (χ0n) is 17.8. The van der Waals surface area contributed by atoms with Crippen molar-refractivity contribution in [3.63, 3.8) is 0 Å². The molecule has 1 amide bonds. The first-order valence-electron chi connectivity index (χ1n) is 11.1. The molecule has 1 unspecified atom stereocenters. The van der Waals surface area contributed by atoms with Crippen LogP contribution in [0.2, 0.25) is 0 Å². The largest absolute Gasteiger partial charge is 0.356 e. The van der Waals surface area contributed by atoms with Crippen molar-refractivity contribution in [2.24, 2.45) is 0 Å². The molecule has 3 aromatic rings. The SMILES string of the molecule is CCn1cc(C(=O)N2CCCCC2c2cc3nc(N4CCCC4)c(C)cn3n2)cn1. The van der Waals surface area contributed by atoms with E-state index in [0.717, 1.165) is 68.2 Å². The van der Waals surface area contributed by atoms with Gasteiger partial charge in [-0.15, -0.1) is 0 Å². The van der Waals surface area contributed by atoms with Crippen LogP contribution in [-0.2, 0) is 6.54 Å². The van der Waals surface area contributed by atoms with E-state index in [9.17, 15) is 4.79 Å². The van der Waals surface area contributed by atoms with Gasteiger partial charge in [0, 0.05) is 50.2 Å². The molecule has 0 N–H and O–H groups in total. The van der Waals surface area contributed by atoms with Crippen LogP contribution >= 0.6 is 0 Å². The van der Waals surface area contributed by atoms with E-state index in [0.29, 0.717) is 5.56 Å². The summed E-state index contributed by atoms with van der Waals surface area (Å²) in [6.45, 7) is 7.77. The molecule has 0 radical (unpaired) electrons. The molecular weight excluding hydrogens is 378 g/mol. The van der Waals surface area contributed by atoms with Gasteiger partial charge in [-0.05, 0) is 46.0 Å². The van der Waals surface area contributed by atoms with Gasteiger partial charge in [0.15, 0.2) is 5.65 Å². The highest BCUT2D eigenvalue weighted by Gasteiger charge is 2.31. The molecule has 0 aliphatic carbocycles. The van der Waals surface area contributed by atoms with E-state index in [1.807, 2.05) is 22.5 Å². The number of carbonyl (C=O) groups is 1. The van der Waals surface area contributed by atoms with Crippen LogP contribution in [0, 0.1) is 6.92 Å². The molecule has 3 aromatic heterocycles. The summed E-state index contributed by atoms with van der Waals surface area (Å²) in [4.78, 5) is 22.5. The van der Waals surface area contributed by atoms with E-state index in [2.05, 4.69) is 29.2 Å². The minimum atomic E-state index is -0.0199. The number of aromatic nitrogens is 5. The van der Waals surface area contributed by atoms with Gasteiger partial charge in [-0.2, -0.15) is 10.2 Å². The fraction of sp³-hybridized carbons (Fsp3) is 0.545. The lowest BCUT2D eigenvalue weighted by atomic mass is 9.98. The standard InChI is InChI=1S/C22H29N7O/c1-3-27-15-17(13-23-27)22(30)28-11-5-4-8-19(28)18-12-20-24-21(26-9-6-7-10-26)16(2)14-29(20)25-18/h12-15,19H,3-11H2,1-2H3. The van der Waals surface area contributed by atoms with Crippen LogP contribution in [0.4, 0.5) is 5.82 Å². The van der Waals surface area contributed by atoms with Crippen LogP contribution in [-0.4, -0.2) is 54.8 Å². The van der Waals surface area contributed by atoms with Crippen molar-refractivity contribution in [1.29, 1.82) is 0 Å². The van der Waals surface area contributed by atoms with Crippen LogP contribution in [0.3, 0.4) is 0 Å². The molecule has 30 heavy (non-hydrogen) atoms. The van der Waals surface area contributed by atoms with Crippen molar-refractivity contribution in [3.8, 4) is 0 Å². The molecular formula is C22H29N7O. The third-order valence-corrected chi connectivity index (χ3v) is 6.34. The van der Waals surface area contributed by atoms with Crippen molar-refractivity contribution >= 4 is 17.4 Å². The molecule has 0 spiro atoms. The van der Waals surface area contributed by atoms with Gasteiger partial charge in [-0.1, -0.05) is 0 Å². The summed E-state index contributed by atoms with van der Waals surface area (Å²) in [7, 11) is 0. The third-order valence-electron chi connectivity index (χ3n) is 6.34. The Morgan fingerprint density at radius 2 is 1.93 bits per heavy atom. The van der Waals surface area contributed by atoms with E-state index >= 15 is 0 Å². The number of hydrogen-bond donors (Lipinski definition) is 0. The van der Waals surface area contributed by atoms with Gasteiger partial charge in [-0.25, -0.2) is 9.50 Å². The summed E-state index contributed by atoms with van der Waals surface area (Å²) in [5.41, 5.74) is 3.58. The number of carbonyl (C=O) groups excluding carboxylic acids is 1. The number of rotatable bonds is 4. The number of aryl methyl sites for hydroxylation is 2. The topological polar surface area (TPSA) is 71.6 Å². The lowest BCUT2D eigenvalue weighted by Crippen LogP contribution is -2.38. The fourth-order valence-corrected chi connectivity index (χ4v) is 4.73. The molecule has 0 aromatic carbocycles. The molecule has 2 aliphatic rings. The summed E-state index contributed by atoms with van der Waals surface area (Å²) < 4.78 is 3.67. The lowest BCUT2D eigenvalue weighted by molar-refractivity contribution is 0.0605. The summed E-state index contributed by atoms with van der Waals surface area (Å²) in [5, 5.41) is 9.11. The number of fused-ring (bicyclic) bond motifs is 1. The van der Waals surface area contributed by atoms with Crippen LogP contribution in [0.25, 0.3) is 5.65 Å². The molecule has 8 nitrogen and oxygen atoms in total. The molecule has 2 aliphatic heterocycles. The van der Waals surface area contributed by atoms with Crippen molar-refractivity contribution in [1.82, 2.24) is 29.3 Å². The van der Waals surface area contributed by atoms with Gasteiger partial charge in [-0.3, -0.25) is 9.48 Å². The Hall–Kier alpha value is -2.90. The predicted octanol–water partition coefficient (Wildman–Crippen LogP) is 3.22. The maximum Gasteiger partial charge on any atom is 0.257 e. The van der Waals surface area contributed by atoms with Gasteiger partial charge in [0.2, 0.25) is 0 Å². The second kappa shape index (κ2) is 7.74. The van der Waals surface area contributed by atoms with Crippen molar-refractivity contribution in [2.45, 2.75) is 58.5 Å². The average Bonchev–Trinajstić information content (AvgIpc) is 3.52. The van der Waals surface area contributed by atoms with E-state index in [1.165, 1.54) is 12.8 Å². The summed E-state index contributed by atoms with van der Waals surface area (Å²) in [6.07, 6.45) is 11.1. The second-order valence-electron chi connectivity index (χ2n) is 8.41. The van der Waals surface area contributed by atoms with Crippen LogP contribution < -0.4 is 4.90 Å². The van der Waals surface area contributed by atoms with Gasteiger partial charge in [0.25, 0.3) is 5.91 Å². The molecule has 8 heteroatoms. The summed E-state index contributed by atoms with van der Waals surface area (Å²) in [5.74, 6) is 1.10. The normalized spacial score (nSPS) is 19.7. The monoisotopic (exact) mass is 407 g/mol. The molecule has 0 saturated carbocycles. The Kier molecular flexibility index (Phi) is 4.92. The van der Waals surface area contributed by atoms with E-state index in [1.54, 1.807) is 10.9 Å². The Bertz CT molecular complexity index is 1060. The summed E-state index contributed by atoms with van der Waals surface area (Å²) >= 11 is 0. The molecule has 1 atom stereocenters. The number of likely N-dealkylation sites (tertiary alicyclic amines) is 1. The van der Waals surface area contributed by atoms with Crippen molar-refractivity contribution < 1.29 is 4.79 Å². The van der Waals surface area contributed by atoms with E-state index in [4.69, 9.17) is 10.1 Å². The minimum absolute atomic E-state index is 0.0199. The van der Waals surface area contributed by atoms with Crippen LogP contribution in [0.5, 0.6) is 0 Å². The first-order chi connectivity index (χ1) is 14.6. The molecule has 2 fully saturated rings. The zero-order chi connectivity index (χ0) is 20.7. The number of amides is 1. The molecule has 5 rings (SSSR count). The smallest absolute Gasteiger partial charge is 0.257 e. The molecule has 158 valence electrons. The van der Waals surface area contributed by atoms with E-state index in [-0.39, 0.29) is 11.9 Å². The van der Waals surface area contributed by atoms with Gasteiger partial charge in [0.05, 0.1) is 23.5 Å². The number of hydrogen-bond acceptors (Lipinski definition) is 5. The molecule has 2 saturated heterocycles. The molecule has 0 bridgehead atoms. The maximum atomic E-state index is 13.2. The van der Waals surface area contributed by atoms with Crippen molar-refractivity contribution in [3.05, 3.63) is 41.5 Å². The highest BCUT2D eigenvalue weighted by Crippen LogP contribution is 2.32. The first-order valence-corrected chi connectivity index (χ1v) is 11.1. The molecule has 5 heterocycles. The number of piperidine rings is 1. The fourth-order valence-electron chi connectivity index (χ4n) is 4.73. The van der Waals surface area contributed by atoms with Crippen LogP contribution in [0.15, 0.2) is 24.7 Å². The predicted molar refractivity (Wildman–Crippen MR) is 115 cm³/mol. The summed E-state index contributed by atoms with van der Waals surface area (Å²) in [6, 6.07) is 2.04. The highest BCUT2D eigenvalue weighted by molar-refractivity contribution is 5.94. The minimum Gasteiger partial charge on any atom is -0.356 e. The Labute approximate surface area is 176 Å². The third kappa shape index (κ3) is 3.34. The van der Waals surface area contributed by atoms with Gasteiger partial charge in [0.1, 0.15) is 5.82 Å². The lowest BCUT2D eigenvalue weighted by Gasteiger charge is -2.34. The van der Waals surface area contributed by atoms with E-state index < -0.39 is 0 Å². The van der Waals surface area contributed by atoms with Crippen LogP contribution in [0.1, 0.15) is 66.7 Å². The zero-order valence-corrected chi connectivity index (χ0v) is 17.8. The second-order valence-corrected chi connectivity index (χ2v) is 8.41. The van der Waals surface area contributed by atoms with Gasteiger partial charge < -0.3 is 9.80 Å².